The molecule has 10 heteroatoms. The summed E-state index contributed by atoms with van der Waals surface area (Å²) in [7, 11) is -2.08. The van der Waals surface area contributed by atoms with E-state index in [0.29, 0.717) is 49.5 Å². The molecule has 0 radical (unpaired) electrons. The Bertz CT molecular complexity index is 1140. The van der Waals surface area contributed by atoms with Crippen LogP contribution in [0.15, 0.2) is 51.9 Å². The predicted molar refractivity (Wildman–Crippen MR) is 115 cm³/mol. The Morgan fingerprint density at radius 2 is 1.90 bits per heavy atom. The number of aromatic nitrogens is 3. The minimum atomic E-state index is -3.60. The largest absolute Gasteiger partial charge is 0.497 e. The molecule has 9 nitrogen and oxygen atoms in total. The van der Waals surface area contributed by atoms with Gasteiger partial charge in [0.2, 0.25) is 15.9 Å². The van der Waals surface area contributed by atoms with Crippen LogP contribution in [0.3, 0.4) is 0 Å². The first-order valence-electron chi connectivity index (χ1n) is 10.2. The Labute approximate surface area is 181 Å². The van der Waals surface area contributed by atoms with Gasteiger partial charge in [-0.1, -0.05) is 13.0 Å². The molecule has 0 bridgehead atoms. The number of sulfonamides is 1. The highest BCUT2D eigenvalue weighted by Gasteiger charge is 2.30. The molecule has 1 aliphatic rings. The first-order valence-corrected chi connectivity index (χ1v) is 11.6. The van der Waals surface area contributed by atoms with Crippen LogP contribution in [-0.4, -0.2) is 61.2 Å². The Balaban J connectivity index is 1.51. The molecule has 1 saturated heterocycles. The second-order valence-corrected chi connectivity index (χ2v) is 9.13. The molecule has 2 aromatic heterocycles. The SMILES string of the molecule is CCCc1nnc(-c2cccnc2N2CCN(S(=O)(=O)c3cccc(OC)c3)CC2)o1. The number of aryl methyl sites for hydroxylation is 1. The summed E-state index contributed by atoms with van der Waals surface area (Å²) < 4.78 is 38.6. The van der Waals surface area contributed by atoms with Gasteiger partial charge in [0.1, 0.15) is 11.6 Å². The first kappa shape index (κ1) is 21.3. The third-order valence-electron chi connectivity index (χ3n) is 5.16. The van der Waals surface area contributed by atoms with Gasteiger partial charge in [0.15, 0.2) is 0 Å². The molecular formula is C21H25N5O4S. The highest BCUT2D eigenvalue weighted by molar-refractivity contribution is 7.89. The van der Waals surface area contributed by atoms with Gasteiger partial charge in [0.25, 0.3) is 5.89 Å². The van der Waals surface area contributed by atoms with E-state index in [2.05, 4.69) is 27.0 Å². The van der Waals surface area contributed by atoms with E-state index < -0.39 is 10.0 Å². The Morgan fingerprint density at radius 1 is 1.10 bits per heavy atom. The molecule has 0 saturated carbocycles. The van der Waals surface area contributed by atoms with E-state index in [9.17, 15) is 8.42 Å². The summed E-state index contributed by atoms with van der Waals surface area (Å²) in [6.45, 7) is 3.76. The van der Waals surface area contributed by atoms with Crippen molar-refractivity contribution in [2.45, 2.75) is 24.7 Å². The van der Waals surface area contributed by atoms with Crippen LogP contribution in [0.4, 0.5) is 5.82 Å². The number of pyridine rings is 1. The molecule has 0 aliphatic carbocycles. The van der Waals surface area contributed by atoms with Gasteiger partial charge in [-0.15, -0.1) is 10.2 Å². The topological polar surface area (TPSA) is 102 Å². The molecule has 164 valence electrons. The summed E-state index contributed by atoms with van der Waals surface area (Å²) in [4.78, 5) is 6.80. The lowest BCUT2D eigenvalue weighted by atomic mass is 10.2. The Hall–Kier alpha value is -2.98. The van der Waals surface area contributed by atoms with Gasteiger partial charge < -0.3 is 14.1 Å². The summed E-state index contributed by atoms with van der Waals surface area (Å²) in [5, 5.41) is 8.27. The zero-order chi connectivity index (χ0) is 21.8. The van der Waals surface area contributed by atoms with E-state index in [4.69, 9.17) is 9.15 Å². The van der Waals surface area contributed by atoms with E-state index in [1.807, 2.05) is 12.1 Å². The van der Waals surface area contributed by atoms with Crippen LogP contribution in [0.5, 0.6) is 5.75 Å². The number of benzene rings is 1. The van der Waals surface area contributed by atoms with Gasteiger partial charge in [0.05, 0.1) is 17.6 Å². The maximum absolute atomic E-state index is 13.1. The molecule has 0 spiro atoms. The second kappa shape index (κ2) is 9.03. The predicted octanol–water partition coefficient (Wildman–Crippen LogP) is 2.60. The zero-order valence-corrected chi connectivity index (χ0v) is 18.4. The van der Waals surface area contributed by atoms with Crippen molar-refractivity contribution in [2.24, 2.45) is 0 Å². The third kappa shape index (κ3) is 4.40. The molecule has 1 aliphatic heterocycles. The maximum Gasteiger partial charge on any atom is 0.251 e. The van der Waals surface area contributed by atoms with Gasteiger partial charge in [-0.3, -0.25) is 0 Å². The van der Waals surface area contributed by atoms with E-state index in [0.717, 1.165) is 18.4 Å². The number of methoxy groups -OCH3 is 1. The maximum atomic E-state index is 13.1. The number of anilines is 1. The lowest BCUT2D eigenvalue weighted by molar-refractivity contribution is 0.382. The average Bonchev–Trinajstić information content (AvgIpc) is 3.28. The molecule has 0 unspecified atom stereocenters. The fourth-order valence-electron chi connectivity index (χ4n) is 3.54. The Morgan fingerprint density at radius 3 is 2.65 bits per heavy atom. The van der Waals surface area contributed by atoms with Crippen LogP contribution in [0.25, 0.3) is 11.5 Å². The van der Waals surface area contributed by atoms with E-state index in [1.165, 1.54) is 11.4 Å². The fraction of sp³-hybridized carbons (Fsp3) is 0.381. The highest BCUT2D eigenvalue weighted by Crippen LogP contribution is 2.30. The molecule has 0 atom stereocenters. The van der Waals surface area contributed by atoms with Crippen LogP contribution < -0.4 is 9.64 Å². The lowest BCUT2D eigenvalue weighted by Gasteiger charge is -2.35. The standard InChI is InChI=1S/C21H25N5O4S/c1-3-6-19-23-24-21(30-19)18-9-5-10-22-20(18)25-11-13-26(14-12-25)31(27,28)17-8-4-7-16(15-17)29-2/h4-5,7-10,15H,3,6,11-14H2,1-2H3. The molecule has 1 aromatic carbocycles. The molecule has 4 rings (SSSR count). The number of nitrogens with zero attached hydrogens (tertiary/aromatic N) is 5. The minimum absolute atomic E-state index is 0.230. The van der Waals surface area contributed by atoms with Crippen LogP contribution in [0, 0.1) is 0 Å². The average molecular weight is 444 g/mol. The zero-order valence-electron chi connectivity index (χ0n) is 17.6. The van der Waals surface area contributed by atoms with Crippen LogP contribution >= 0.6 is 0 Å². The second-order valence-electron chi connectivity index (χ2n) is 7.20. The summed E-state index contributed by atoms with van der Waals surface area (Å²) in [6, 6.07) is 10.3. The third-order valence-corrected chi connectivity index (χ3v) is 7.06. The molecular weight excluding hydrogens is 418 g/mol. The van der Waals surface area contributed by atoms with Crippen molar-refractivity contribution in [1.82, 2.24) is 19.5 Å². The van der Waals surface area contributed by atoms with E-state index >= 15 is 0 Å². The smallest absolute Gasteiger partial charge is 0.251 e. The normalized spacial score (nSPS) is 15.2. The van der Waals surface area contributed by atoms with Gasteiger partial charge in [0, 0.05) is 44.9 Å². The van der Waals surface area contributed by atoms with E-state index in [1.54, 1.807) is 30.5 Å². The summed E-state index contributed by atoms with van der Waals surface area (Å²) in [6.07, 6.45) is 3.36. The van der Waals surface area contributed by atoms with Gasteiger partial charge in [-0.2, -0.15) is 4.31 Å². The van der Waals surface area contributed by atoms with E-state index in [-0.39, 0.29) is 4.90 Å². The highest BCUT2D eigenvalue weighted by atomic mass is 32.2. The molecule has 0 N–H and O–H groups in total. The number of hydrogen-bond donors (Lipinski definition) is 0. The molecule has 31 heavy (non-hydrogen) atoms. The number of hydrogen-bond acceptors (Lipinski definition) is 8. The molecule has 0 amide bonds. The minimum Gasteiger partial charge on any atom is -0.497 e. The van der Waals surface area contributed by atoms with Crippen molar-refractivity contribution in [3.8, 4) is 17.2 Å². The Kier molecular flexibility index (Phi) is 6.19. The fourth-order valence-corrected chi connectivity index (χ4v) is 5.00. The number of rotatable bonds is 7. The molecule has 3 aromatic rings. The summed E-state index contributed by atoms with van der Waals surface area (Å²) >= 11 is 0. The number of ether oxygens (including phenoxy) is 1. The summed E-state index contributed by atoms with van der Waals surface area (Å²) in [5.74, 6) is 2.26. The lowest BCUT2D eigenvalue weighted by Crippen LogP contribution is -2.49. The van der Waals surface area contributed by atoms with Crippen molar-refractivity contribution in [3.05, 3.63) is 48.5 Å². The molecule has 1 fully saturated rings. The van der Waals surface area contributed by atoms with Gasteiger partial charge >= 0.3 is 0 Å². The van der Waals surface area contributed by atoms with Gasteiger partial charge in [-0.05, 0) is 30.7 Å². The first-order chi connectivity index (χ1) is 15.0. The van der Waals surface area contributed by atoms with Gasteiger partial charge in [-0.25, -0.2) is 13.4 Å². The number of piperazine rings is 1. The van der Waals surface area contributed by atoms with Crippen molar-refractivity contribution < 1.29 is 17.6 Å². The summed E-state index contributed by atoms with van der Waals surface area (Å²) in [5.41, 5.74) is 0.751. The van der Waals surface area contributed by atoms with Crippen LogP contribution in [0.1, 0.15) is 19.2 Å². The van der Waals surface area contributed by atoms with Crippen molar-refractivity contribution >= 4 is 15.8 Å². The van der Waals surface area contributed by atoms with Crippen molar-refractivity contribution in [3.63, 3.8) is 0 Å². The molecule has 3 heterocycles. The van der Waals surface area contributed by atoms with Crippen LogP contribution in [0.2, 0.25) is 0 Å². The van der Waals surface area contributed by atoms with Crippen molar-refractivity contribution in [1.29, 1.82) is 0 Å². The monoisotopic (exact) mass is 443 g/mol. The quantitative estimate of drug-likeness (QED) is 0.549. The van der Waals surface area contributed by atoms with Crippen LogP contribution in [-0.2, 0) is 16.4 Å². The van der Waals surface area contributed by atoms with Crippen molar-refractivity contribution in [2.75, 3.05) is 38.2 Å².